The highest BCUT2D eigenvalue weighted by Crippen LogP contribution is 2.23. The van der Waals surface area contributed by atoms with Crippen LogP contribution < -0.4 is 5.73 Å². The van der Waals surface area contributed by atoms with Crippen molar-refractivity contribution in [2.24, 2.45) is 11.8 Å². The maximum Gasteiger partial charge on any atom is 0.255 e. The third kappa shape index (κ3) is 2.63. The van der Waals surface area contributed by atoms with E-state index in [9.17, 15) is 4.79 Å². The SMILES string of the molecule is Cc1ncc(N)cc1C(=O)N1CC(C)CC(C)C1. The summed E-state index contributed by atoms with van der Waals surface area (Å²) in [5.74, 6) is 1.18. The molecule has 0 aliphatic carbocycles. The van der Waals surface area contributed by atoms with Crippen molar-refractivity contribution in [2.75, 3.05) is 18.8 Å². The third-order valence-corrected chi connectivity index (χ3v) is 3.49. The molecule has 1 aliphatic heterocycles. The van der Waals surface area contributed by atoms with Crippen LogP contribution in [0.25, 0.3) is 0 Å². The van der Waals surface area contributed by atoms with Crippen LogP contribution in [0, 0.1) is 18.8 Å². The minimum absolute atomic E-state index is 0.0608. The number of nitrogens with two attached hydrogens (primary N) is 1. The second-order valence-corrected chi connectivity index (χ2v) is 5.56. The molecule has 2 atom stereocenters. The lowest BCUT2D eigenvalue weighted by atomic mass is 9.91. The Kier molecular flexibility index (Phi) is 3.55. The number of aromatic nitrogens is 1. The standard InChI is InChI=1S/C14H21N3O/c1-9-4-10(2)8-17(7-9)14(18)13-5-12(15)6-16-11(13)3/h5-6,9-10H,4,7-8,15H2,1-3H3. The summed E-state index contributed by atoms with van der Waals surface area (Å²) in [6, 6.07) is 1.73. The summed E-state index contributed by atoms with van der Waals surface area (Å²) < 4.78 is 0. The molecule has 2 N–H and O–H groups in total. The van der Waals surface area contributed by atoms with E-state index in [1.54, 1.807) is 12.3 Å². The molecule has 18 heavy (non-hydrogen) atoms. The molecule has 0 bridgehead atoms. The molecule has 1 aromatic heterocycles. The van der Waals surface area contributed by atoms with Gasteiger partial charge in [-0.1, -0.05) is 13.8 Å². The van der Waals surface area contributed by atoms with Gasteiger partial charge in [-0.3, -0.25) is 9.78 Å². The van der Waals surface area contributed by atoms with Crippen LogP contribution >= 0.6 is 0 Å². The first-order chi connectivity index (χ1) is 8.47. The maximum absolute atomic E-state index is 12.5. The van der Waals surface area contributed by atoms with E-state index >= 15 is 0 Å². The van der Waals surface area contributed by atoms with Gasteiger partial charge in [0.2, 0.25) is 0 Å². The molecule has 0 spiro atoms. The molecular formula is C14H21N3O. The highest BCUT2D eigenvalue weighted by molar-refractivity contribution is 5.96. The zero-order valence-electron chi connectivity index (χ0n) is 11.3. The van der Waals surface area contributed by atoms with Gasteiger partial charge in [-0.25, -0.2) is 0 Å². The van der Waals surface area contributed by atoms with Crippen LogP contribution in [-0.4, -0.2) is 28.9 Å². The molecule has 2 unspecified atom stereocenters. The van der Waals surface area contributed by atoms with Crippen molar-refractivity contribution in [1.82, 2.24) is 9.88 Å². The molecule has 1 fully saturated rings. The van der Waals surface area contributed by atoms with Crippen LogP contribution in [0.4, 0.5) is 5.69 Å². The monoisotopic (exact) mass is 247 g/mol. The predicted molar refractivity (Wildman–Crippen MR) is 72.2 cm³/mol. The van der Waals surface area contributed by atoms with Gasteiger partial charge in [-0.05, 0) is 31.2 Å². The number of carbonyl (C=O) groups is 1. The molecule has 2 rings (SSSR count). The van der Waals surface area contributed by atoms with Crippen molar-refractivity contribution < 1.29 is 4.79 Å². The zero-order chi connectivity index (χ0) is 13.3. The maximum atomic E-state index is 12.5. The first-order valence-electron chi connectivity index (χ1n) is 6.48. The number of pyridine rings is 1. The fourth-order valence-electron chi connectivity index (χ4n) is 2.76. The lowest BCUT2D eigenvalue weighted by Crippen LogP contribution is -2.42. The number of amides is 1. The van der Waals surface area contributed by atoms with Gasteiger partial charge in [0.25, 0.3) is 5.91 Å². The van der Waals surface area contributed by atoms with Crippen LogP contribution in [0.3, 0.4) is 0 Å². The molecular weight excluding hydrogens is 226 g/mol. The minimum atomic E-state index is 0.0608. The van der Waals surface area contributed by atoms with E-state index in [0.717, 1.165) is 18.8 Å². The number of hydrogen-bond donors (Lipinski definition) is 1. The molecule has 0 saturated carbocycles. The number of hydrogen-bond acceptors (Lipinski definition) is 3. The quantitative estimate of drug-likeness (QED) is 0.826. The van der Waals surface area contributed by atoms with E-state index in [0.29, 0.717) is 23.1 Å². The number of nitrogen functional groups attached to an aromatic ring is 1. The Morgan fingerprint density at radius 2 is 2.00 bits per heavy atom. The normalized spacial score (nSPS) is 24.1. The minimum Gasteiger partial charge on any atom is -0.397 e. The summed E-state index contributed by atoms with van der Waals surface area (Å²) in [5, 5.41) is 0. The van der Waals surface area contributed by atoms with Crippen LogP contribution in [-0.2, 0) is 0 Å². The van der Waals surface area contributed by atoms with E-state index in [1.807, 2.05) is 11.8 Å². The number of nitrogens with zero attached hydrogens (tertiary/aromatic N) is 2. The molecule has 0 radical (unpaired) electrons. The number of carbonyl (C=O) groups excluding carboxylic acids is 1. The van der Waals surface area contributed by atoms with E-state index in [4.69, 9.17) is 5.73 Å². The van der Waals surface area contributed by atoms with Crippen LogP contribution in [0.15, 0.2) is 12.3 Å². The second-order valence-electron chi connectivity index (χ2n) is 5.56. The van der Waals surface area contributed by atoms with E-state index in [1.165, 1.54) is 6.42 Å². The lowest BCUT2D eigenvalue weighted by molar-refractivity contribution is 0.0622. The van der Waals surface area contributed by atoms with Crippen molar-refractivity contribution in [3.63, 3.8) is 0 Å². The van der Waals surface area contributed by atoms with Gasteiger partial charge in [0, 0.05) is 13.1 Å². The number of piperidine rings is 1. The molecule has 1 saturated heterocycles. The summed E-state index contributed by atoms with van der Waals surface area (Å²) in [4.78, 5) is 18.6. The van der Waals surface area contributed by atoms with Crippen LogP contribution in [0.2, 0.25) is 0 Å². The Morgan fingerprint density at radius 3 is 2.61 bits per heavy atom. The smallest absolute Gasteiger partial charge is 0.255 e. The van der Waals surface area contributed by atoms with Gasteiger partial charge < -0.3 is 10.6 Å². The summed E-state index contributed by atoms with van der Waals surface area (Å²) >= 11 is 0. The average molecular weight is 247 g/mol. The first-order valence-corrected chi connectivity index (χ1v) is 6.48. The van der Waals surface area contributed by atoms with E-state index in [-0.39, 0.29) is 5.91 Å². The van der Waals surface area contributed by atoms with Gasteiger partial charge in [-0.15, -0.1) is 0 Å². The van der Waals surface area contributed by atoms with Crippen molar-refractivity contribution in [2.45, 2.75) is 27.2 Å². The molecule has 1 amide bonds. The molecule has 4 nitrogen and oxygen atoms in total. The van der Waals surface area contributed by atoms with Crippen molar-refractivity contribution in [1.29, 1.82) is 0 Å². The summed E-state index contributed by atoms with van der Waals surface area (Å²) in [5.41, 5.74) is 7.65. The van der Waals surface area contributed by atoms with Gasteiger partial charge in [0.15, 0.2) is 0 Å². The van der Waals surface area contributed by atoms with Crippen LogP contribution in [0.1, 0.15) is 36.3 Å². The Balaban J connectivity index is 2.22. The molecule has 2 heterocycles. The molecule has 4 heteroatoms. The third-order valence-electron chi connectivity index (χ3n) is 3.49. The fourth-order valence-corrected chi connectivity index (χ4v) is 2.76. The topological polar surface area (TPSA) is 59.2 Å². The highest BCUT2D eigenvalue weighted by atomic mass is 16.2. The predicted octanol–water partition coefficient (Wildman–Crippen LogP) is 2.09. The number of likely N-dealkylation sites (tertiary alicyclic amines) is 1. The highest BCUT2D eigenvalue weighted by Gasteiger charge is 2.27. The number of rotatable bonds is 1. The van der Waals surface area contributed by atoms with Gasteiger partial charge in [0.1, 0.15) is 0 Å². The van der Waals surface area contributed by atoms with Crippen molar-refractivity contribution >= 4 is 11.6 Å². The van der Waals surface area contributed by atoms with Gasteiger partial charge in [0.05, 0.1) is 23.1 Å². The Hall–Kier alpha value is -1.58. The lowest BCUT2D eigenvalue weighted by Gasteiger charge is -2.35. The molecule has 1 aromatic rings. The Labute approximate surface area is 108 Å². The van der Waals surface area contributed by atoms with E-state index < -0.39 is 0 Å². The summed E-state index contributed by atoms with van der Waals surface area (Å²) in [6.45, 7) is 7.90. The Morgan fingerprint density at radius 1 is 1.39 bits per heavy atom. The second kappa shape index (κ2) is 4.96. The van der Waals surface area contributed by atoms with Crippen molar-refractivity contribution in [3.8, 4) is 0 Å². The van der Waals surface area contributed by atoms with E-state index in [2.05, 4.69) is 18.8 Å². The van der Waals surface area contributed by atoms with Gasteiger partial charge >= 0.3 is 0 Å². The van der Waals surface area contributed by atoms with Crippen molar-refractivity contribution in [3.05, 3.63) is 23.5 Å². The summed E-state index contributed by atoms with van der Waals surface area (Å²) in [6.07, 6.45) is 2.78. The van der Waals surface area contributed by atoms with Crippen LogP contribution in [0.5, 0.6) is 0 Å². The Bertz CT molecular complexity index is 448. The molecule has 98 valence electrons. The molecule has 0 aromatic carbocycles. The average Bonchev–Trinajstić information content (AvgIpc) is 2.30. The zero-order valence-corrected chi connectivity index (χ0v) is 11.3. The number of anilines is 1. The largest absolute Gasteiger partial charge is 0.397 e. The summed E-state index contributed by atoms with van der Waals surface area (Å²) in [7, 11) is 0. The fraction of sp³-hybridized carbons (Fsp3) is 0.571. The first kappa shape index (κ1) is 12.9. The molecule has 1 aliphatic rings. The van der Waals surface area contributed by atoms with Gasteiger partial charge in [-0.2, -0.15) is 0 Å². The number of aryl methyl sites for hydroxylation is 1.